The second-order valence-electron chi connectivity index (χ2n) is 6.12. The molecule has 1 fully saturated rings. The van der Waals surface area contributed by atoms with E-state index in [9.17, 15) is 5.26 Å². The first-order valence-electron chi connectivity index (χ1n) is 8.27. The molecule has 7 heteroatoms. The second kappa shape index (κ2) is 6.49. The summed E-state index contributed by atoms with van der Waals surface area (Å²) < 4.78 is 5.53. The van der Waals surface area contributed by atoms with E-state index >= 15 is 0 Å². The van der Waals surface area contributed by atoms with Crippen LogP contribution in [0.15, 0.2) is 30.6 Å². The highest BCUT2D eigenvalue weighted by atomic mass is 16.5. The summed E-state index contributed by atoms with van der Waals surface area (Å²) in [6.45, 7) is 4.26. The van der Waals surface area contributed by atoms with Crippen molar-refractivity contribution in [1.82, 2.24) is 20.2 Å². The molecule has 0 amide bonds. The van der Waals surface area contributed by atoms with Gasteiger partial charge in [0.15, 0.2) is 0 Å². The van der Waals surface area contributed by atoms with Gasteiger partial charge in [-0.2, -0.15) is 10.4 Å². The van der Waals surface area contributed by atoms with Gasteiger partial charge < -0.3 is 9.64 Å². The first-order chi connectivity index (χ1) is 12.3. The van der Waals surface area contributed by atoms with E-state index in [0.717, 1.165) is 40.2 Å². The number of H-pyrrole nitrogens is 1. The van der Waals surface area contributed by atoms with Gasteiger partial charge in [-0.15, -0.1) is 0 Å². The summed E-state index contributed by atoms with van der Waals surface area (Å²) in [6.07, 6.45) is 3.77. The van der Waals surface area contributed by atoms with Crippen molar-refractivity contribution < 1.29 is 4.74 Å². The fraction of sp³-hybridized carbons (Fsp3) is 0.333. The molecule has 7 nitrogen and oxygen atoms in total. The molecule has 126 valence electrons. The van der Waals surface area contributed by atoms with Crippen LogP contribution in [0.1, 0.15) is 12.5 Å². The molecule has 1 saturated heterocycles. The van der Waals surface area contributed by atoms with Gasteiger partial charge in [0.05, 0.1) is 37.4 Å². The number of ether oxygens (including phenoxy) is 1. The van der Waals surface area contributed by atoms with Crippen LogP contribution in [0, 0.1) is 11.3 Å². The molecule has 3 aromatic heterocycles. The molecule has 25 heavy (non-hydrogen) atoms. The van der Waals surface area contributed by atoms with E-state index < -0.39 is 0 Å². The van der Waals surface area contributed by atoms with Gasteiger partial charge in [-0.3, -0.25) is 10.1 Å². The highest BCUT2D eigenvalue weighted by Crippen LogP contribution is 2.30. The summed E-state index contributed by atoms with van der Waals surface area (Å²) in [7, 11) is 0. The van der Waals surface area contributed by atoms with Crippen molar-refractivity contribution in [3.63, 3.8) is 0 Å². The van der Waals surface area contributed by atoms with E-state index in [-0.39, 0.29) is 6.04 Å². The molecule has 1 atom stereocenters. The van der Waals surface area contributed by atoms with Crippen molar-refractivity contribution in [3.8, 4) is 17.5 Å². The lowest BCUT2D eigenvalue weighted by Gasteiger charge is -2.34. The van der Waals surface area contributed by atoms with E-state index in [1.807, 2.05) is 18.2 Å². The predicted octanol–water partition coefficient (Wildman–Crippen LogP) is 2.31. The summed E-state index contributed by atoms with van der Waals surface area (Å²) in [5.74, 6) is 0.863. The summed E-state index contributed by atoms with van der Waals surface area (Å²) >= 11 is 0. The molecule has 0 aliphatic carbocycles. The Kier molecular flexibility index (Phi) is 4.04. The van der Waals surface area contributed by atoms with Crippen molar-refractivity contribution in [2.75, 3.05) is 24.7 Å². The smallest absolute Gasteiger partial charge is 0.130 e. The van der Waals surface area contributed by atoms with E-state index in [4.69, 9.17) is 9.72 Å². The van der Waals surface area contributed by atoms with Crippen LogP contribution in [0.4, 0.5) is 5.82 Å². The standard InChI is InChI=1S/C18H18N6O/c1-12-11-25-9-8-24(12)16-10-13(2-5-19)14-3-6-20-18(17(14)22-16)15-4-7-21-23-15/h3-4,6-7,10,12H,2,8-9,11H2,1H3,(H,21,23)/t12-/m1/s1. The molecular formula is C18H18N6O. The molecule has 1 aliphatic rings. The van der Waals surface area contributed by atoms with Gasteiger partial charge in [0.1, 0.15) is 17.0 Å². The molecule has 3 aromatic rings. The van der Waals surface area contributed by atoms with Crippen molar-refractivity contribution in [1.29, 1.82) is 5.26 Å². The van der Waals surface area contributed by atoms with Crippen molar-refractivity contribution in [3.05, 3.63) is 36.2 Å². The largest absolute Gasteiger partial charge is 0.377 e. The molecule has 0 spiro atoms. The minimum absolute atomic E-state index is 0.237. The number of rotatable bonds is 3. The van der Waals surface area contributed by atoms with E-state index in [1.54, 1.807) is 12.4 Å². The van der Waals surface area contributed by atoms with Gasteiger partial charge in [0, 0.05) is 24.3 Å². The van der Waals surface area contributed by atoms with Gasteiger partial charge >= 0.3 is 0 Å². The second-order valence-corrected chi connectivity index (χ2v) is 6.12. The summed E-state index contributed by atoms with van der Waals surface area (Å²) in [4.78, 5) is 11.6. The van der Waals surface area contributed by atoms with Gasteiger partial charge in [0.25, 0.3) is 0 Å². The lowest BCUT2D eigenvalue weighted by atomic mass is 10.0. The molecule has 0 bridgehead atoms. The van der Waals surface area contributed by atoms with Crippen molar-refractivity contribution in [2.24, 2.45) is 0 Å². The Bertz CT molecular complexity index is 931. The number of morpholine rings is 1. The lowest BCUT2D eigenvalue weighted by Crippen LogP contribution is -2.44. The molecule has 4 rings (SSSR count). The Morgan fingerprint density at radius 2 is 2.32 bits per heavy atom. The maximum atomic E-state index is 9.25. The fourth-order valence-corrected chi connectivity index (χ4v) is 3.24. The summed E-state index contributed by atoms with van der Waals surface area (Å²) in [5.41, 5.74) is 3.31. The van der Waals surface area contributed by atoms with Gasteiger partial charge in [-0.05, 0) is 30.7 Å². The Balaban J connectivity index is 1.93. The minimum Gasteiger partial charge on any atom is -0.377 e. The SMILES string of the molecule is C[C@@H]1COCCN1c1cc(CC#N)c2ccnc(-c3ccn[nH]3)c2n1. The normalized spacial score (nSPS) is 17.6. The molecule has 4 heterocycles. The van der Waals surface area contributed by atoms with Gasteiger partial charge in [-0.1, -0.05) is 0 Å². The van der Waals surface area contributed by atoms with E-state index in [2.05, 4.69) is 33.1 Å². The van der Waals surface area contributed by atoms with E-state index in [0.29, 0.717) is 19.6 Å². The molecule has 0 unspecified atom stereocenters. The lowest BCUT2D eigenvalue weighted by molar-refractivity contribution is 0.0985. The average Bonchev–Trinajstić information content (AvgIpc) is 3.16. The highest BCUT2D eigenvalue weighted by Gasteiger charge is 2.22. The summed E-state index contributed by atoms with van der Waals surface area (Å²) in [5, 5.41) is 17.2. The number of hydrogen-bond acceptors (Lipinski definition) is 6. The van der Waals surface area contributed by atoms with Crippen LogP contribution in [0.5, 0.6) is 0 Å². The number of nitriles is 1. The monoisotopic (exact) mass is 334 g/mol. The number of fused-ring (bicyclic) bond motifs is 1. The fourth-order valence-electron chi connectivity index (χ4n) is 3.24. The Morgan fingerprint density at radius 3 is 3.08 bits per heavy atom. The average molecular weight is 334 g/mol. The van der Waals surface area contributed by atoms with E-state index in [1.165, 1.54) is 0 Å². The Labute approximate surface area is 145 Å². The number of aromatic amines is 1. The first kappa shape index (κ1) is 15.5. The third-order valence-electron chi connectivity index (χ3n) is 4.49. The molecule has 1 N–H and O–H groups in total. The minimum atomic E-state index is 0.237. The first-order valence-corrected chi connectivity index (χ1v) is 8.27. The van der Waals surface area contributed by atoms with Crippen LogP contribution >= 0.6 is 0 Å². The number of pyridine rings is 2. The Hall–Kier alpha value is -2.98. The molecular weight excluding hydrogens is 316 g/mol. The number of nitrogens with one attached hydrogen (secondary N) is 1. The zero-order chi connectivity index (χ0) is 17.2. The third-order valence-corrected chi connectivity index (χ3v) is 4.49. The van der Waals surface area contributed by atoms with Crippen molar-refractivity contribution in [2.45, 2.75) is 19.4 Å². The van der Waals surface area contributed by atoms with Crippen LogP contribution < -0.4 is 4.90 Å². The highest BCUT2D eigenvalue weighted by molar-refractivity contribution is 5.93. The zero-order valence-electron chi connectivity index (χ0n) is 13.9. The number of aromatic nitrogens is 4. The van der Waals surface area contributed by atoms with Gasteiger partial charge in [-0.25, -0.2) is 4.98 Å². The molecule has 0 aromatic carbocycles. The van der Waals surface area contributed by atoms with Crippen molar-refractivity contribution >= 4 is 16.7 Å². The zero-order valence-corrected chi connectivity index (χ0v) is 13.9. The van der Waals surface area contributed by atoms with Crippen LogP contribution in [-0.2, 0) is 11.2 Å². The third kappa shape index (κ3) is 2.81. The number of anilines is 1. The topological polar surface area (TPSA) is 90.7 Å². The van der Waals surface area contributed by atoms with Crippen LogP contribution in [0.3, 0.4) is 0 Å². The number of nitrogens with zero attached hydrogens (tertiary/aromatic N) is 5. The summed E-state index contributed by atoms with van der Waals surface area (Å²) in [6, 6.07) is 8.31. The quantitative estimate of drug-likeness (QED) is 0.790. The number of hydrogen-bond donors (Lipinski definition) is 1. The molecule has 1 aliphatic heterocycles. The maximum Gasteiger partial charge on any atom is 0.130 e. The molecule has 0 radical (unpaired) electrons. The van der Waals surface area contributed by atoms with Gasteiger partial charge in [0.2, 0.25) is 0 Å². The maximum absolute atomic E-state index is 9.25. The van der Waals surface area contributed by atoms with Crippen LogP contribution in [-0.4, -0.2) is 46.0 Å². The van der Waals surface area contributed by atoms with Crippen LogP contribution in [0.2, 0.25) is 0 Å². The van der Waals surface area contributed by atoms with Crippen LogP contribution in [0.25, 0.3) is 22.3 Å². The predicted molar refractivity (Wildman–Crippen MR) is 94.1 cm³/mol. The Morgan fingerprint density at radius 1 is 1.40 bits per heavy atom. The molecule has 0 saturated carbocycles.